The van der Waals surface area contributed by atoms with Crippen molar-refractivity contribution >= 4 is 35.6 Å². The van der Waals surface area contributed by atoms with Crippen molar-refractivity contribution in [2.75, 3.05) is 31.6 Å². The molecule has 1 saturated heterocycles. The number of ether oxygens (including phenoxy) is 1. The lowest BCUT2D eigenvalue weighted by Crippen LogP contribution is -2.51. The number of nitrogens with one attached hydrogen (secondary N) is 2. The number of piperidine rings is 1. The molecule has 158 valence electrons. The van der Waals surface area contributed by atoms with Crippen LogP contribution in [-0.2, 0) is 6.54 Å². The first-order valence-electron chi connectivity index (χ1n) is 10.0. The summed E-state index contributed by atoms with van der Waals surface area (Å²) in [6, 6.07) is 12.7. The van der Waals surface area contributed by atoms with Crippen LogP contribution >= 0.6 is 24.0 Å². The van der Waals surface area contributed by atoms with Gasteiger partial charge < -0.3 is 20.3 Å². The summed E-state index contributed by atoms with van der Waals surface area (Å²) in [5.41, 5.74) is 3.39. The maximum absolute atomic E-state index is 5.38. The number of hydrogen-bond donors (Lipinski definition) is 2. The van der Waals surface area contributed by atoms with E-state index in [9.17, 15) is 0 Å². The Morgan fingerprint density at radius 3 is 2.93 bits per heavy atom. The van der Waals surface area contributed by atoms with Crippen LogP contribution in [0, 0.1) is 6.92 Å². The molecular weight excluding hydrogens is 477 g/mol. The molecule has 1 aromatic carbocycles. The van der Waals surface area contributed by atoms with Crippen molar-refractivity contribution < 1.29 is 4.74 Å². The van der Waals surface area contributed by atoms with E-state index >= 15 is 0 Å². The normalized spacial score (nSPS) is 16.7. The van der Waals surface area contributed by atoms with Crippen LogP contribution in [0.2, 0.25) is 0 Å². The summed E-state index contributed by atoms with van der Waals surface area (Å²) in [6.07, 6.45) is 4.10. The smallest absolute Gasteiger partial charge is 0.191 e. The molecule has 1 aliphatic rings. The molecule has 0 radical (unpaired) electrons. The number of aromatic nitrogens is 1. The second kappa shape index (κ2) is 11.8. The summed E-state index contributed by atoms with van der Waals surface area (Å²) in [5.74, 6) is 1.75. The van der Waals surface area contributed by atoms with E-state index in [0.29, 0.717) is 12.6 Å². The fourth-order valence-electron chi connectivity index (χ4n) is 3.49. The number of anilines is 1. The number of guanidine groups is 1. The van der Waals surface area contributed by atoms with Gasteiger partial charge >= 0.3 is 0 Å². The third kappa shape index (κ3) is 6.76. The molecule has 0 aliphatic carbocycles. The summed E-state index contributed by atoms with van der Waals surface area (Å²) in [6.45, 7) is 7.58. The fraction of sp³-hybridized carbons (Fsp3) is 0.455. The lowest BCUT2D eigenvalue weighted by Gasteiger charge is -2.35. The number of benzene rings is 1. The Morgan fingerprint density at radius 1 is 1.31 bits per heavy atom. The zero-order valence-electron chi connectivity index (χ0n) is 17.5. The molecule has 0 spiro atoms. The van der Waals surface area contributed by atoms with Crippen LogP contribution in [0.25, 0.3) is 0 Å². The van der Waals surface area contributed by atoms with Gasteiger partial charge in [-0.25, -0.2) is 4.99 Å². The van der Waals surface area contributed by atoms with Crippen molar-refractivity contribution in [3.63, 3.8) is 0 Å². The zero-order chi connectivity index (χ0) is 19.8. The van der Waals surface area contributed by atoms with Crippen LogP contribution in [0.1, 0.15) is 31.0 Å². The third-order valence-electron chi connectivity index (χ3n) is 5.03. The maximum Gasteiger partial charge on any atom is 0.191 e. The van der Waals surface area contributed by atoms with Crippen LogP contribution in [0.4, 0.5) is 5.69 Å². The van der Waals surface area contributed by atoms with Gasteiger partial charge in [-0.3, -0.25) is 4.98 Å². The van der Waals surface area contributed by atoms with Gasteiger partial charge in [0.15, 0.2) is 5.96 Å². The molecule has 1 aromatic heterocycles. The van der Waals surface area contributed by atoms with Crippen molar-refractivity contribution in [3.8, 4) is 5.75 Å². The molecule has 1 atom stereocenters. The number of methoxy groups -OCH3 is 1. The second-order valence-corrected chi connectivity index (χ2v) is 7.09. The van der Waals surface area contributed by atoms with E-state index in [4.69, 9.17) is 9.73 Å². The minimum Gasteiger partial charge on any atom is -0.497 e. The number of aliphatic imine (C=N–C) groups is 1. The minimum absolute atomic E-state index is 0. The van der Waals surface area contributed by atoms with E-state index in [-0.39, 0.29) is 24.0 Å². The highest BCUT2D eigenvalue weighted by Crippen LogP contribution is 2.24. The molecule has 2 N–H and O–H groups in total. The SMILES string of the molecule is CCNC(=NCc1ncccc1C)NC1CCCN(c2cccc(OC)c2)C1.I. The van der Waals surface area contributed by atoms with Crippen molar-refractivity contribution in [2.24, 2.45) is 4.99 Å². The topological polar surface area (TPSA) is 61.8 Å². The molecule has 0 saturated carbocycles. The van der Waals surface area contributed by atoms with Gasteiger partial charge in [0.05, 0.1) is 19.3 Å². The van der Waals surface area contributed by atoms with E-state index < -0.39 is 0 Å². The molecule has 1 unspecified atom stereocenters. The van der Waals surface area contributed by atoms with Crippen molar-refractivity contribution in [2.45, 2.75) is 39.3 Å². The van der Waals surface area contributed by atoms with Gasteiger partial charge in [0, 0.05) is 43.6 Å². The number of pyridine rings is 1. The first kappa shape index (κ1) is 23.3. The van der Waals surface area contributed by atoms with E-state index in [1.165, 1.54) is 11.3 Å². The van der Waals surface area contributed by atoms with Crippen LogP contribution in [0.15, 0.2) is 47.6 Å². The van der Waals surface area contributed by atoms with E-state index in [1.807, 2.05) is 24.4 Å². The third-order valence-corrected chi connectivity index (χ3v) is 5.03. The Balaban J connectivity index is 0.00000300. The first-order valence-corrected chi connectivity index (χ1v) is 10.0. The standard InChI is InChI=1S/C22H31N5O.HI/c1-4-23-22(25-15-21-17(2)8-6-12-24-21)26-18-9-7-13-27(16-18)19-10-5-11-20(14-19)28-3;/h5-6,8,10-12,14,18H,4,7,9,13,15-16H2,1-3H3,(H2,23,25,26);1H. The van der Waals surface area contributed by atoms with Crippen LogP contribution in [-0.4, -0.2) is 43.7 Å². The molecule has 1 aliphatic heterocycles. The summed E-state index contributed by atoms with van der Waals surface area (Å²) < 4.78 is 5.38. The number of rotatable bonds is 6. The zero-order valence-corrected chi connectivity index (χ0v) is 19.8. The van der Waals surface area contributed by atoms with E-state index in [1.54, 1.807) is 7.11 Å². The quantitative estimate of drug-likeness (QED) is 0.353. The van der Waals surface area contributed by atoms with Gasteiger partial charge in [-0.15, -0.1) is 24.0 Å². The predicted octanol–water partition coefficient (Wildman–Crippen LogP) is 3.74. The molecule has 0 amide bonds. The molecule has 6 nitrogen and oxygen atoms in total. The van der Waals surface area contributed by atoms with Crippen molar-refractivity contribution in [1.82, 2.24) is 15.6 Å². The van der Waals surface area contributed by atoms with Crippen molar-refractivity contribution in [3.05, 3.63) is 53.9 Å². The number of nitrogens with zero attached hydrogens (tertiary/aromatic N) is 3. The van der Waals surface area contributed by atoms with Gasteiger partial charge in [-0.2, -0.15) is 0 Å². The van der Waals surface area contributed by atoms with E-state index in [2.05, 4.69) is 52.6 Å². The highest BCUT2D eigenvalue weighted by Gasteiger charge is 2.21. The summed E-state index contributed by atoms with van der Waals surface area (Å²) in [7, 11) is 1.71. The molecule has 2 aromatic rings. The van der Waals surface area contributed by atoms with Gasteiger partial charge in [-0.05, 0) is 50.5 Å². The Kier molecular flexibility index (Phi) is 9.50. The Hall–Kier alpha value is -2.03. The molecule has 1 fully saturated rings. The molecule has 29 heavy (non-hydrogen) atoms. The lowest BCUT2D eigenvalue weighted by molar-refractivity contribution is 0.414. The number of hydrogen-bond acceptors (Lipinski definition) is 4. The van der Waals surface area contributed by atoms with Gasteiger partial charge in [-0.1, -0.05) is 12.1 Å². The average molecular weight is 509 g/mol. The van der Waals surface area contributed by atoms with Gasteiger partial charge in [0.1, 0.15) is 5.75 Å². The van der Waals surface area contributed by atoms with Gasteiger partial charge in [0.25, 0.3) is 0 Å². The molecular formula is C22H32IN5O. The first-order chi connectivity index (χ1) is 13.7. The monoisotopic (exact) mass is 509 g/mol. The molecule has 0 bridgehead atoms. The summed E-state index contributed by atoms with van der Waals surface area (Å²) >= 11 is 0. The minimum atomic E-state index is 0. The van der Waals surface area contributed by atoms with Crippen LogP contribution < -0.4 is 20.3 Å². The second-order valence-electron chi connectivity index (χ2n) is 7.09. The summed E-state index contributed by atoms with van der Waals surface area (Å²) in [4.78, 5) is 11.6. The Morgan fingerprint density at radius 2 is 2.17 bits per heavy atom. The lowest BCUT2D eigenvalue weighted by atomic mass is 10.0. The Labute approximate surface area is 191 Å². The number of halogens is 1. The van der Waals surface area contributed by atoms with Crippen LogP contribution in [0.3, 0.4) is 0 Å². The Bertz CT molecular complexity index is 798. The highest BCUT2D eigenvalue weighted by atomic mass is 127. The molecule has 7 heteroatoms. The molecule has 3 rings (SSSR count). The molecule has 2 heterocycles. The maximum atomic E-state index is 5.38. The number of aryl methyl sites for hydroxylation is 1. The predicted molar refractivity (Wildman–Crippen MR) is 131 cm³/mol. The van der Waals surface area contributed by atoms with Crippen LogP contribution in [0.5, 0.6) is 5.75 Å². The van der Waals surface area contributed by atoms with Gasteiger partial charge in [0.2, 0.25) is 0 Å². The summed E-state index contributed by atoms with van der Waals surface area (Å²) in [5, 5.41) is 6.98. The highest BCUT2D eigenvalue weighted by molar-refractivity contribution is 14.0. The van der Waals surface area contributed by atoms with E-state index in [0.717, 1.165) is 49.9 Å². The van der Waals surface area contributed by atoms with Crippen molar-refractivity contribution in [1.29, 1.82) is 0 Å². The fourth-order valence-corrected chi connectivity index (χ4v) is 3.49. The average Bonchev–Trinajstić information content (AvgIpc) is 2.73. The largest absolute Gasteiger partial charge is 0.497 e.